The first-order valence-corrected chi connectivity index (χ1v) is 7.96. The number of aromatic nitrogens is 1. The summed E-state index contributed by atoms with van der Waals surface area (Å²) in [6, 6.07) is 13.6. The van der Waals surface area contributed by atoms with Gasteiger partial charge < -0.3 is 16.0 Å². The molecule has 124 valence electrons. The van der Waals surface area contributed by atoms with Gasteiger partial charge in [0.05, 0.1) is 6.04 Å². The third kappa shape index (κ3) is 3.81. The number of carbonyl (C=O) groups is 1. The van der Waals surface area contributed by atoms with Crippen LogP contribution in [0.3, 0.4) is 0 Å². The van der Waals surface area contributed by atoms with Crippen LogP contribution in [0.5, 0.6) is 0 Å². The zero-order chi connectivity index (χ0) is 16.9. The molecule has 0 saturated heterocycles. The topological polar surface area (TPSA) is 70.9 Å². The first-order valence-electron chi connectivity index (χ1n) is 7.96. The summed E-state index contributed by atoms with van der Waals surface area (Å²) in [6.45, 7) is 0.478. The molecule has 0 spiro atoms. The second-order valence-corrected chi connectivity index (χ2v) is 5.84. The molecule has 3 rings (SSSR count). The van der Waals surface area contributed by atoms with E-state index in [2.05, 4.69) is 10.3 Å². The van der Waals surface area contributed by atoms with Gasteiger partial charge in [0.15, 0.2) is 0 Å². The maximum absolute atomic E-state index is 12.8. The highest BCUT2D eigenvalue weighted by Gasteiger charge is 2.15. The van der Waals surface area contributed by atoms with Gasteiger partial charge in [0.25, 0.3) is 0 Å². The molecular formula is C19H20FN3O. The van der Waals surface area contributed by atoms with Crippen molar-refractivity contribution in [2.24, 2.45) is 5.73 Å². The molecule has 0 saturated carbocycles. The molecule has 1 aromatic heterocycles. The molecular weight excluding hydrogens is 305 g/mol. The Morgan fingerprint density at radius 2 is 1.92 bits per heavy atom. The predicted octanol–water partition coefficient (Wildman–Crippen LogP) is 2.54. The Labute approximate surface area is 139 Å². The number of aromatic amines is 1. The quantitative estimate of drug-likeness (QED) is 0.652. The third-order valence-corrected chi connectivity index (χ3v) is 4.08. The predicted molar refractivity (Wildman–Crippen MR) is 93.1 cm³/mol. The maximum Gasteiger partial charge on any atom is 0.237 e. The standard InChI is InChI=1S/C19H20FN3O/c20-15-7-5-13(6-8-15)9-10-22-19(24)17(21)11-14-12-23-18-4-2-1-3-16(14)18/h1-8,12,17,23H,9-11,21H2,(H,22,24)/t17-/m0/s1. The highest BCUT2D eigenvalue weighted by atomic mass is 19.1. The average Bonchev–Trinajstić information content (AvgIpc) is 3.00. The van der Waals surface area contributed by atoms with Gasteiger partial charge in [0.1, 0.15) is 5.82 Å². The van der Waals surface area contributed by atoms with Crippen molar-refractivity contribution in [2.45, 2.75) is 18.9 Å². The molecule has 5 heteroatoms. The number of amides is 1. The number of halogens is 1. The molecule has 1 amide bonds. The molecule has 0 radical (unpaired) electrons. The minimum absolute atomic E-state index is 0.178. The third-order valence-electron chi connectivity index (χ3n) is 4.08. The number of benzene rings is 2. The number of rotatable bonds is 6. The van der Waals surface area contributed by atoms with Gasteiger partial charge in [0.2, 0.25) is 5.91 Å². The fourth-order valence-electron chi connectivity index (χ4n) is 2.74. The fourth-order valence-corrected chi connectivity index (χ4v) is 2.74. The van der Waals surface area contributed by atoms with Crippen LogP contribution in [0.25, 0.3) is 10.9 Å². The zero-order valence-corrected chi connectivity index (χ0v) is 13.3. The summed E-state index contributed by atoms with van der Waals surface area (Å²) in [5.41, 5.74) is 9.07. The molecule has 0 unspecified atom stereocenters. The van der Waals surface area contributed by atoms with E-state index in [9.17, 15) is 9.18 Å². The second kappa shape index (κ2) is 7.27. The van der Waals surface area contributed by atoms with Gasteiger partial charge in [-0.1, -0.05) is 30.3 Å². The Kier molecular flexibility index (Phi) is 4.91. The summed E-state index contributed by atoms with van der Waals surface area (Å²) in [7, 11) is 0. The van der Waals surface area contributed by atoms with E-state index in [4.69, 9.17) is 5.73 Å². The van der Waals surface area contributed by atoms with Crippen LogP contribution in [0.1, 0.15) is 11.1 Å². The van der Waals surface area contributed by atoms with Crippen molar-refractivity contribution in [1.82, 2.24) is 10.3 Å². The van der Waals surface area contributed by atoms with E-state index in [1.165, 1.54) is 12.1 Å². The van der Waals surface area contributed by atoms with Crippen LogP contribution in [0, 0.1) is 5.82 Å². The van der Waals surface area contributed by atoms with Crippen molar-refractivity contribution < 1.29 is 9.18 Å². The van der Waals surface area contributed by atoms with Crippen molar-refractivity contribution in [1.29, 1.82) is 0 Å². The molecule has 1 heterocycles. The lowest BCUT2D eigenvalue weighted by atomic mass is 10.0. The highest BCUT2D eigenvalue weighted by molar-refractivity contribution is 5.86. The fraction of sp³-hybridized carbons (Fsp3) is 0.211. The number of hydrogen-bond acceptors (Lipinski definition) is 2. The van der Waals surface area contributed by atoms with E-state index in [1.54, 1.807) is 12.1 Å². The lowest BCUT2D eigenvalue weighted by Crippen LogP contribution is -2.42. The van der Waals surface area contributed by atoms with Gasteiger partial charge in [-0.25, -0.2) is 4.39 Å². The summed E-state index contributed by atoms with van der Waals surface area (Å²) >= 11 is 0. The molecule has 0 bridgehead atoms. The Bertz CT molecular complexity index is 826. The average molecular weight is 325 g/mol. The van der Waals surface area contributed by atoms with Crippen molar-refractivity contribution >= 4 is 16.8 Å². The van der Waals surface area contributed by atoms with Gasteiger partial charge in [-0.15, -0.1) is 0 Å². The van der Waals surface area contributed by atoms with Gasteiger partial charge in [-0.2, -0.15) is 0 Å². The van der Waals surface area contributed by atoms with Crippen LogP contribution in [-0.4, -0.2) is 23.5 Å². The molecule has 24 heavy (non-hydrogen) atoms. The number of fused-ring (bicyclic) bond motifs is 1. The lowest BCUT2D eigenvalue weighted by molar-refractivity contribution is -0.122. The number of para-hydroxylation sites is 1. The first-order chi connectivity index (χ1) is 11.6. The molecule has 1 atom stereocenters. The van der Waals surface area contributed by atoms with Crippen molar-refractivity contribution in [3.8, 4) is 0 Å². The number of hydrogen-bond donors (Lipinski definition) is 3. The van der Waals surface area contributed by atoms with Gasteiger partial charge >= 0.3 is 0 Å². The van der Waals surface area contributed by atoms with Crippen LogP contribution in [0.4, 0.5) is 4.39 Å². The van der Waals surface area contributed by atoms with Crippen LogP contribution in [0.15, 0.2) is 54.7 Å². The molecule has 0 aliphatic rings. The summed E-state index contributed by atoms with van der Waals surface area (Å²) in [5.74, 6) is -0.439. The monoisotopic (exact) mass is 325 g/mol. The van der Waals surface area contributed by atoms with Gasteiger partial charge in [-0.3, -0.25) is 4.79 Å². The summed E-state index contributed by atoms with van der Waals surface area (Å²) in [6.07, 6.45) is 3.02. The van der Waals surface area contributed by atoms with Gasteiger partial charge in [-0.05, 0) is 42.2 Å². The largest absolute Gasteiger partial charge is 0.361 e. The van der Waals surface area contributed by atoms with Crippen molar-refractivity contribution in [3.63, 3.8) is 0 Å². The SMILES string of the molecule is N[C@@H](Cc1c[nH]c2ccccc12)C(=O)NCCc1ccc(F)cc1. The summed E-state index contributed by atoms with van der Waals surface area (Å²) in [5, 5.41) is 3.93. The number of H-pyrrole nitrogens is 1. The van der Waals surface area contributed by atoms with E-state index in [0.717, 1.165) is 22.0 Å². The van der Waals surface area contributed by atoms with E-state index < -0.39 is 6.04 Å². The second-order valence-electron chi connectivity index (χ2n) is 5.84. The maximum atomic E-state index is 12.8. The first kappa shape index (κ1) is 16.2. The smallest absolute Gasteiger partial charge is 0.237 e. The van der Waals surface area contributed by atoms with Crippen molar-refractivity contribution in [3.05, 3.63) is 71.7 Å². The zero-order valence-electron chi connectivity index (χ0n) is 13.3. The Morgan fingerprint density at radius 1 is 1.17 bits per heavy atom. The Balaban J connectivity index is 1.52. The van der Waals surface area contributed by atoms with Crippen molar-refractivity contribution in [2.75, 3.05) is 6.54 Å². The number of carbonyl (C=O) groups excluding carboxylic acids is 1. The van der Waals surface area contributed by atoms with Crippen LogP contribution in [0.2, 0.25) is 0 Å². The lowest BCUT2D eigenvalue weighted by Gasteiger charge is -2.12. The van der Waals surface area contributed by atoms with Gasteiger partial charge in [0, 0.05) is 23.6 Å². The number of nitrogens with one attached hydrogen (secondary N) is 2. The van der Waals surface area contributed by atoms with E-state index in [1.807, 2.05) is 30.5 Å². The Morgan fingerprint density at radius 3 is 2.71 bits per heavy atom. The van der Waals surface area contributed by atoms with E-state index in [0.29, 0.717) is 19.4 Å². The van der Waals surface area contributed by atoms with Crippen LogP contribution >= 0.6 is 0 Å². The molecule has 0 aliphatic heterocycles. The molecule has 0 fully saturated rings. The van der Waals surface area contributed by atoms with Crippen LogP contribution < -0.4 is 11.1 Å². The molecule has 4 nitrogen and oxygen atoms in total. The highest BCUT2D eigenvalue weighted by Crippen LogP contribution is 2.18. The molecule has 3 aromatic rings. The normalized spacial score (nSPS) is 12.2. The minimum Gasteiger partial charge on any atom is -0.361 e. The minimum atomic E-state index is -0.600. The molecule has 4 N–H and O–H groups in total. The number of nitrogens with two attached hydrogens (primary N) is 1. The molecule has 0 aliphatic carbocycles. The van der Waals surface area contributed by atoms with E-state index in [-0.39, 0.29) is 11.7 Å². The summed E-state index contributed by atoms with van der Waals surface area (Å²) in [4.78, 5) is 15.3. The Hall–Kier alpha value is -2.66. The molecule has 2 aromatic carbocycles. The summed E-state index contributed by atoms with van der Waals surface area (Å²) < 4.78 is 12.8. The van der Waals surface area contributed by atoms with E-state index >= 15 is 0 Å². The van der Waals surface area contributed by atoms with Crippen LogP contribution in [-0.2, 0) is 17.6 Å².